The van der Waals surface area contributed by atoms with E-state index in [0.29, 0.717) is 12.8 Å². The number of allylic oxidation sites excluding steroid dienone is 2. The van der Waals surface area contributed by atoms with Gasteiger partial charge in [0.15, 0.2) is 0 Å². The van der Waals surface area contributed by atoms with Crippen LogP contribution in [0, 0.1) is 11.8 Å². The Labute approximate surface area is 136 Å². The van der Waals surface area contributed by atoms with Crippen molar-refractivity contribution in [3.8, 4) is 0 Å². The predicted molar refractivity (Wildman–Crippen MR) is 95.6 cm³/mol. The summed E-state index contributed by atoms with van der Waals surface area (Å²) in [6, 6.07) is 0. The maximum absolute atomic E-state index is 10.1. The quantitative estimate of drug-likeness (QED) is 0.328. The van der Waals surface area contributed by atoms with Gasteiger partial charge in [-0.25, -0.2) is 0 Å². The Balaban J connectivity index is 2.54. The van der Waals surface area contributed by atoms with Gasteiger partial charge in [-0.3, -0.25) is 0 Å². The highest BCUT2D eigenvalue weighted by molar-refractivity contribution is 7.36. The van der Waals surface area contributed by atoms with Gasteiger partial charge in [0.1, 0.15) is 0 Å². The molecular formula is C18H31O3P. The molecule has 126 valence electrons. The first-order valence-corrected chi connectivity index (χ1v) is 9.66. The van der Waals surface area contributed by atoms with Crippen molar-refractivity contribution in [2.75, 3.05) is 6.16 Å². The molecule has 5 unspecified atom stereocenters. The molecule has 1 rings (SSSR count). The van der Waals surface area contributed by atoms with Crippen LogP contribution in [0.4, 0.5) is 0 Å². The molecule has 1 saturated carbocycles. The second-order valence-corrected chi connectivity index (χ2v) is 7.04. The molecule has 0 aliphatic heterocycles. The number of rotatable bonds is 10. The Kier molecular flexibility index (Phi) is 9.90. The smallest absolute Gasteiger partial charge is 0.0727 e. The summed E-state index contributed by atoms with van der Waals surface area (Å²) in [5.74, 6) is -0.0277. The summed E-state index contributed by atoms with van der Waals surface area (Å²) in [6.45, 7) is 2.17. The molecule has 0 heterocycles. The zero-order valence-corrected chi connectivity index (χ0v) is 14.5. The molecule has 0 amide bonds. The Hall–Kier alpha value is -0.470. The van der Waals surface area contributed by atoms with Crippen molar-refractivity contribution in [2.24, 2.45) is 11.8 Å². The van der Waals surface area contributed by atoms with Crippen molar-refractivity contribution in [1.82, 2.24) is 0 Å². The third kappa shape index (κ3) is 6.75. The number of aliphatic hydroxyl groups excluding tert-OH is 3. The predicted octanol–water partition coefficient (Wildman–Crippen LogP) is 3.17. The topological polar surface area (TPSA) is 60.7 Å². The van der Waals surface area contributed by atoms with Crippen LogP contribution in [-0.4, -0.2) is 46.1 Å². The van der Waals surface area contributed by atoms with E-state index in [2.05, 4.69) is 25.4 Å². The fraction of sp³-hybridized carbons (Fsp3) is 0.722. The van der Waals surface area contributed by atoms with Crippen LogP contribution in [0.2, 0.25) is 0 Å². The standard InChI is InChI=1S/C18H31O3P/c1-3-4-5-6-7-8-15-16(18(21)13-17(15)20)10-9-14(19)11-12-22-2/h6-7,9-10,14-21H,2-5,8,11-13H2,1H3. The van der Waals surface area contributed by atoms with Crippen LogP contribution in [0.5, 0.6) is 0 Å². The van der Waals surface area contributed by atoms with Gasteiger partial charge < -0.3 is 15.3 Å². The Bertz CT molecular complexity index is 367. The maximum Gasteiger partial charge on any atom is 0.0727 e. The molecule has 3 N–H and O–H groups in total. The van der Waals surface area contributed by atoms with Gasteiger partial charge in [0.2, 0.25) is 0 Å². The van der Waals surface area contributed by atoms with Gasteiger partial charge in [-0.15, -0.1) is 8.20 Å². The second-order valence-electron chi connectivity index (χ2n) is 6.15. The van der Waals surface area contributed by atoms with Gasteiger partial charge in [-0.2, -0.15) is 0 Å². The highest BCUT2D eigenvalue weighted by Crippen LogP contribution is 2.36. The normalized spacial score (nSPS) is 30.7. The average Bonchev–Trinajstić information content (AvgIpc) is 2.76. The zero-order valence-electron chi connectivity index (χ0n) is 13.6. The van der Waals surface area contributed by atoms with Crippen LogP contribution in [0.25, 0.3) is 0 Å². The monoisotopic (exact) mass is 326 g/mol. The van der Waals surface area contributed by atoms with Crippen molar-refractivity contribution in [3.63, 3.8) is 0 Å². The lowest BCUT2D eigenvalue weighted by Crippen LogP contribution is -2.20. The first-order valence-electron chi connectivity index (χ1n) is 8.40. The molecule has 3 nitrogen and oxygen atoms in total. The summed E-state index contributed by atoms with van der Waals surface area (Å²) in [5, 5.41) is 30.1. The van der Waals surface area contributed by atoms with Crippen LogP contribution >= 0.6 is 8.20 Å². The van der Waals surface area contributed by atoms with E-state index in [4.69, 9.17) is 0 Å². The van der Waals surface area contributed by atoms with Gasteiger partial charge in [-0.05, 0) is 31.3 Å². The van der Waals surface area contributed by atoms with Gasteiger partial charge in [0, 0.05) is 12.3 Å². The average molecular weight is 326 g/mol. The number of hydrogen-bond donors (Lipinski definition) is 3. The van der Waals surface area contributed by atoms with Gasteiger partial charge >= 0.3 is 0 Å². The van der Waals surface area contributed by atoms with E-state index in [1.54, 1.807) is 6.08 Å². The Morgan fingerprint density at radius 2 is 2.05 bits per heavy atom. The summed E-state index contributed by atoms with van der Waals surface area (Å²) in [4.78, 5) is 0. The van der Waals surface area contributed by atoms with Gasteiger partial charge in [0.25, 0.3) is 0 Å². The lowest BCUT2D eigenvalue weighted by Gasteiger charge is -2.19. The van der Waals surface area contributed by atoms with Gasteiger partial charge in [-0.1, -0.05) is 50.4 Å². The van der Waals surface area contributed by atoms with E-state index in [0.717, 1.165) is 27.2 Å². The molecule has 0 bridgehead atoms. The molecule has 1 aliphatic rings. The maximum atomic E-state index is 10.1. The van der Waals surface area contributed by atoms with E-state index in [1.807, 2.05) is 6.08 Å². The lowest BCUT2D eigenvalue weighted by molar-refractivity contribution is 0.120. The molecule has 0 aromatic carbocycles. The Morgan fingerprint density at radius 3 is 2.73 bits per heavy atom. The number of hydrogen-bond acceptors (Lipinski definition) is 3. The largest absolute Gasteiger partial charge is 0.393 e. The minimum absolute atomic E-state index is 0.0438. The third-order valence-electron chi connectivity index (χ3n) is 4.35. The molecule has 0 radical (unpaired) electrons. The van der Waals surface area contributed by atoms with E-state index in [-0.39, 0.29) is 11.8 Å². The van der Waals surface area contributed by atoms with E-state index < -0.39 is 18.3 Å². The fourth-order valence-electron chi connectivity index (χ4n) is 2.98. The van der Waals surface area contributed by atoms with Crippen LogP contribution in [0.1, 0.15) is 45.4 Å². The summed E-state index contributed by atoms with van der Waals surface area (Å²) in [5.41, 5.74) is 0. The highest BCUT2D eigenvalue weighted by atomic mass is 31.1. The zero-order chi connectivity index (χ0) is 16.4. The number of aliphatic hydroxyl groups is 3. The molecule has 22 heavy (non-hydrogen) atoms. The summed E-state index contributed by atoms with van der Waals surface area (Å²) >= 11 is 0. The summed E-state index contributed by atoms with van der Waals surface area (Å²) in [7, 11) is 1.04. The van der Waals surface area contributed by atoms with Crippen LogP contribution in [0.15, 0.2) is 24.3 Å². The molecular weight excluding hydrogens is 295 g/mol. The number of unbranched alkanes of at least 4 members (excludes halogenated alkanes) is 2. The highest BCUT2D eigenvalue weighted by Gasteiger charge is 2.39. The first-order chi connectivity index (χ1) is 10.6. The van der Waals surface area contributed by atoms with Crippen molar-refractivity contribution < 1.29 is 15.3 Å². The summed E-state index contributed by atoms with van der Waals surface area (Å²) < 4.78 is 0. The van der Waals surface area contributed by atoms with Gasteiger partial charge in [0.05, 0.1) is 18.3 Å². The summed E-state index contributed by atoms with van der Waals surface area (Å²) in [6.07, 6.45) is 16.5. The molecule has 0 saturated heterocycles. The lowest BCUT2D eigenvalue weighted by atomic mass is 9.89. The van der Waals surface area contributed by atoms with Crippen molar-refractivity contribution >= 4 is 14.5 Å². The minimum atomic E-state index is -0.515. The van der Waals surface area contributed by atoms with Crippen molar-refractivity contribution in [3.05, 3.63) is 24.3 Å². The fourth-order valence-corrected chi connectivity index (χ4v) is 3.42. The molecule has 5 atom stereocenters. The minimum Gasteiger partial charge on any atom is -0.393 e. The van der Waals surface area contributed by atoms with Crippen LogP contribution < -0.4 is 0 Å². The molecule has 0 spiro atoms. The Morgan fingerprint density at radius 1 is 1.27 bits per heavy atom. The second kappa shape index (κ2) is 11.1. The van der Waals surface area contributed by atoms with Crippen LogP contribution in [-0.2, 0) is 0 Å². The molecule has 1 aliphatic carbocycles. The third-order valence-corrected chi connectivity index (χ3v) is 4.93. The van der Waals surface area contributed by atoms with E-state index >= 15 is 0 Å². The van der Waals surface area contributed by atoms with E-state index in [9.17, 15) is 15.3 Å². The molecule has 4 heteroatoms. The first kappa shape index (κ1) is 19.6. The SMILES string of the molecule is C=PCCC(O)C=CC1C(O)CC(O)C1CC=CCCCC. The molecule has 1 fully saturated rings. The molecule has 0 aromatic rings. The van der Waals surface area contributed by atoms with Crippen molar-refractivity contribution in [2.45, 2.75) is 63.8 Å². The van der Waals surface area contributed by atoms with Crippen molar-refractivity contribution in [1.29, 1.82) is 0 Å². The van der Waals surface area contributed by atoms with Crippen LogP contribution in [0.3, 0.4) is 0 Å². The van der Waals surface area contributed by atoms with E-state index in [1.165, 1.54) is 12.8 Å². The molecule has 0 aromatic heterocycles.